The Morgan fingerprint density at radius 1 is 1.40 bits per heavy atom. The number of benzene rings is 1. The van der Waals surface area contributed by atoms with Crippen LogP contribution in [0.15, 0.2) is 22.7 Å². The summed E-state index contributed by atoms with van der Waals surface area (Å²) in [5.41, 5.74) is 1.16. The number of rotatable bonds is 0. The van der Waals surface area contributed by atoms with Gasteiger partial charge in [0, 0.05) is 21.6 Å². The Bertz CT molecular complexity index is 588. The summed E-state index contributed by atoms with van der Waals surface area (Å²) < 4.78 is 7.31. The molecule has 0 radical (unpaired) electrons. The molecule has 1 N–H and O–H groups in total. The number of hydrogen-bond donors (Lipinski definition) is 1. The lowest BCUT2D eigenvalue weighted by molar-refractivity contribution is -0.184. The van der Waals surface area contributed by atoms with Crippen molar-refractivity contribution in [3.63, 3.8) is 0 Å². The average molecular weight is 336 g/mol. The lowest BCUT2D eigenvalue weighted by Crippen LogP contribution is -2.51. The highest BCUT2D eigenvalue weighted by atomic mass is 79.9. The molecule has 0 bridgehead atoms. The highest BCUT2D eigenvalue weighted by Gasteiger charge is 2.60. The van der Waals surface area contributed by atoms with Crippen molar-refractivity contribution >= 4 is 27.5 Å². The summed E-state index contributed by atoms with van der Waals surface area (Å²) in [6.45, 7) is 2.10. The first kappa shape index (κ1) is 12.8. The molecule has 4 atom stereocenters. The van der Waals surface area contributed by atoms with Crippen molar-refractivity contribution in [1.29, 1.82) is 0 Å². The SMILES string of the molecule is C[C@@H]1CC2CCC[C@H]2[C@]2(O1)C(=O)Nc1cccc(Br)c12. The largest absolute Gasteiger partial charge is 0.357 e. The van der Waals surface area contributed by atoms with Gasteiger partial charge in [-0.3, -0.25) is 4.79 Å². The number of anilines is 1. The van der Waals surface area contributed by atoms with E-state index in [0.29, 0.717) is 11.8 Å². The van der Waals surface area contributed by atoms with Crippen molar-refractivity contribution in [3.05, 3.63) is 28.2 Å². The number of nitrogens with one attached hydrogen (secondary N) is 1. The van der Waals surface area contributed by atoms with Gasteiger partial charge in [-0.15, -0.1) is 0 Å². The highest BCUT2D eigenvalue weighted by molar-refractivity contribution is 9.10. The molecule has 20 heavy (non-hydrogen) atoms. The van der Waals surface area contributed by atoms with Crippen LogP contribution >= 0.6 is 15.9 Å². The molecule has 2 heterocycles. The summed E-state index contributed by atoms with van der Waals surface area (Å²) in [4.78, 5) is 12.8. The third kappa shape index (κ3) is 1.52. The van der Waals surface area contributed by atoms with E-state index >= 15 is 0 Å². The molecule has 1 unspecified atom stereocenters. The Kier molecular flexibility index (Phi) is 2.77. The van der Waals surface area contributed by atoms with Crippen LogP contribution in [0.4, 0.5) is 5.69 Å². The van der Waals surface area contributed by atoms with Crippen LogP contribution in [0.25, 0.3) is 0 Å². The minimum Gasteiger partial charge on any atom is -0.357 e. The first-order valence-corrected chi connectivity index (χ1v) is 8.20. The summed E-state index contributed by atoms with van der Waals surface area (Å²) in [5.74, 6) is 0.962. The van der Waals surface area contributed by atoms with Gasteiger partial charge >= 0.3 is 0 Å². The molecule has 1 aliphatic carbocycles. The van der Waals surface area contributed by atoms with Crippen LogP contribution in [0.3, 0.4) is 0 Å². The topological polar surface area (TPSA) is 38.3 Å². The fourth-order valence-corrected chi connectivity index (χ4v) is 5.19. The van der Waals surface area contributed by atoms with Crippen molar-refractivity contribution in [2.75, 3.05) is 5.32 Å². The number of carbonyl (C=O) groups excluding carboxylic acids is 1. The molecular weight excluding hydrogens is 318 g/mol. The van der Waals surface area contributed by atoms with Crippen molar-refractivity contribution in [2.45, 2.75) is 44.3 Å². The summed E-state index contributed by atoms with van der Waals surface area (Å²) in [5, 5.41) is 3.04. The highest BCUT2D eigenvalue weighted by Crippen LogP contribution is 2.57. The van der Waals surface area contributed by atoms with Gasteiger partial charge in [0.05, 0.1) is 6.10 Å². The monoisotopic (exact) mass is 335 g/mol. The van der Waals surface area contributed by atoms with Crippen LogP contribution < -0.4 is 5.32 Å². The third-order valence-corrected chi connectivity index (χ3v) is 5.83. The zero-order chi connectivity index (χ0) is 13.9. The molecule has 1 saturated heterocycles. The number of amides is 1. The van der Waals surface area contributed by atoms with Gasteiger partial charge < -0.3 is 10.1 Å². The van der Waals surface area contributed by atoms with Crippen LogP contribution in [0.5, 0.6) is 0 Å². The van der Waals surface area contributed by atoms with Gasteiger partial charge in [0.2, 0.25) is 0 Å². The van der Waals surface area contributed by atoms with E-state index in [1.165, 1.54) is 12.8 Å². The molecule has 0 aromatic heterocycles. The van der Waals surface area contributed by atoms with Crippen molar-refractivity contribution < 1.29 is 9.53 Å². The Morgan fingerprint density at radius 2 is 2.25 bits per heavy atom. The van der Waals surface area contributed by atoms with E-state index in [1.54, 1.807) is 0 Å². The van der Waals surface area contributed by atoms with Gasteiger partial charge in [0.15, 0.2) is 5.60 Å². The lowest BCUT2D eigenvalue weighted by Gasteiger charge is -2.44. The molecule has 1 spiro atoms. The zero-order valence-electron chi connectivity index (χ0n) is 11.5. The molecule has 1 aromatic rings. The molecule has 2 aliphatic heterocycles. The number of hydrogen-bond acceptors (Lipinski definition) is 2. The van der Waals surface area contributed by atoms with Gasteiger partial charge in [-0.25, -0.2) is 0 Å². The molecule has 1 aromatic carbocycles. The summed E-state index contributed by atoms with van der Waals surface area (Å²) in [6, 6.07) is 5.94. The molecule has 2 fully saturated rings. The van der Waals surface area contributed by atoms with Gasteiger partial charge in [-0.05, 0) is 44.2 Å². The standard InChI is InChI=1S/C16H18BrNO2/c1-9-8-10-4-2-5-11(10)16(20-9)14-12(17)6-3-7-13(14)18-15(16)19/h3,6-7,9-11H,2,4-5,8H2,1H3,(H,18,19)/t9-,10?,11-,16-/m1/s1. The Balaban J connectivity index is 1.93. The lowest BCUT2D eigenvalue weighted by atomic mass is 9.72. The fourth-order valence-electron chi connectivity index (χ4n) is 4.53. The number of carbonyl (C=O) groups is 1. The summed E-state index contributed by atoms with van der Waals surface area (Å²) in [6.07, 6.45) is 4.75. The molecule has 4 heteroatoms. The second kappa shape index (κ2) is 4.31. The third-order valence-electron chi connectivity index (χ3n) is 5.17. The molecule has 106 valence electrons. The van der Waals surface area contributed by atoms with Crippen molar-refractivity contribution in [1.82, 2.24) is 0 Å². The predicted molar refractivity (Wildman–Crippen MR) is 80.4 cm³/mol. The smallest absolute Gasteiger partial charge is 0.261 e. The van der Waals surface area contributed by atoms with E-state index in [-0.39, 0.29) is 12.0 Å². The molecule has 3 aliphatic rings. The number of halogens is 1. The minimum atomic E-state index is -0.770. The van der Waals surface area contributed by atoms with Crippen LogP contribution in [-0.4, -0.2) is 12.0 Å². The van der Waals surface area contributed by atoms with Crippen LogP contribution in [0.2, 0.25) is 0 Å². The van der Waals surface area contributed by atoms with Crippen molar-refractivity contribution in [3.8, 4) is 0 Å². The number of fused-ring (bicyclic) bond motifs is 4. The maximum Gasteiger partial charge on any atom is 0.261 e. The maximum atomic E-state index is 12.8. The Labute approximate surface area is 127 Å². The predicted octanol–water partition coefficient (Wildman–Crippen LogP) is 3.82. The van der Waals surface area contributed by atoms with Crippen LogP contribution in [0.1, 0.15) is 38.2 Å². The van der Waals surface area contributed by atoms with Crippen LogP contribution in [0, 0.1) is 11.8 Å². The van der Waals surface area contributed by atoms with Gasteiger partial charge in [0.25, 0.3) is 5.91 Å². The molecule has 1 amide bonds. The molecule has 3 nitrogen and oxygen atoms in total. The van der Waals surface area contributed by atoms with Gasteiger partial charge in [0.1, 0.15) is 0 Å². The zero-order valence-corrected chi connectivity index (χ0v) is 13.1. The van der Waals surface area contributed by atoms with Gasteiger partial charge in [-0.2, -0.15) is 0 Å². The maximum absolute atomic E-state index is 12.8. The van der Waals surface area contributed by atoms with Crippen LogP contribution in [-0.2, 0) is 15.1 Å². The quantitative estimate of drug-likeness (QED) is 0.782. The Morgan fingerprint density at radius 3 is 3.10 bits per heavy atom. The van der Waals surface area contributed by atoms with E-state index < -0.39 is 5.60 Å². The van der Waals surface area contributed by atoms with E-state index in [2.05, 4.69) is 28.2 Å². The Hall–Kier alpha value is -0.870. The normalized spacial score (nSPS) is 38.7. The first-order valence-electron chi connectivity index (χ1n) is 7.41. The van der Waals surface area contributed by atoms with E-state index in [4.69, 9.17) is 4.74 Å². The summed E-state index contributed by atoms with van der Waals surface area (Å²) in [7, 11) is 0. The van der Waals surface area contributed by atoms with E-state index in [9.17, 15) is 4.79 Å². The second-order valence-electron chi connectivity index (χ2n) is 6.31. The van der Waals surface area contributed by atoms with E-state index in [1.807, 2.05) is 18.2 Å². The van der Waals surface area contributed by atoms with Gasteiger partial charge in [-0.1, -0.05) is 28.4 Å². The average Bonchev–Trinajstić information content (AvgIpc) is 2.95. The first-order chi connectivity index (χ1) is 9.63. The summed E-state index contributed by atoms with van der Waals surface area (Å²) >= 11 is 3.63. The number of ether oxygens (including phenoxy) is 1. The van der Waals surface area contributed by atoms with E-state index in [0.717, 1.165) is 28.6 Å². The molecular formula is C16H18BrNO2. The second-order valence-corrected chi connectivity index (χ2v) is 7.17. The van der Waals surface area contributed by atoms with Crippen molar-refractivity contribution in [2.24, 2.45) is 11.8 Å². The molecule has 4 rings (SSSR count). The minimum absolute atomic E-state index is 0.0304. The molecule has 1 saturated carbocycles. The fraction of sp³-hybridized carbons (Fsp3) is 0.562.